The Morgan fingerprint density at radius 1 is 1.04 bits per heavy atom. The van der Waals surface area contributed by atoms with Crippen LogP contribution < -0.4 is 20.7 Å². The van der Waals surface area contributed by atoms with Gasteiger partial charge in [0.2, 0.25) is 5.91 Å². The van der Waals surface area contributed by atoms with E-state index < -0.39 is 18.0 Å². The quantitative estimate of drug-likeness (QED) is 0.636. The number of rotatable bonds is 8. The molecule has 6 heteroatoms. The van der Waals surface area contributed by atoms with E-state index in [1.54, 1.807) is 6.92 Å². The van der Waals surface area contributed by atoms with Gasteiger partial charge in [-0.05, 0) is 31.5 Å². The molecule has 0 radical (unpaired) electrons. The van der Waals surface area contributed by atoms with Crippen LogP contribution >= 0.6 is 0 Å². The molecule has 0 aromatic heterocycles. The second-order valence-electron chi connectivity index (χ2n) is 5.81. The Morgan fingerprint density at radius 3 is 2.38 bits per heavy atom. The summed E-state index contributed by atoms with van der Waals surface area (Å²) in [5.74, 6) is 0.373. The standard InChI is InChI=1S/C20H25N3O3/c1-3-21-20(25)23-19(24)18(16-7-5-4-6-8-16)22-13-14-26-17-11-9-15(2)10-12-17/h4-12,18,22H,3,13-14H2,1-2H3,(H2,21,23,24,25)/t18-/m1/s1. The van der Waals surface area contributed by atoms with E-state index in [1.165, 1.54) is 5.56 Å². The minimum absolute atomic E-state index is 0.404. The van der Waals surface area contributed by atoms with Crippen LogP contribution in [-0.4, -0.2) is 31.6 Å². The fourth-order valence-electron chi connectivity index (χ4n) is 2.40. The third-order valence-electron chi connectivity index (χ3n) is 3.71. The molecule has 3 N–H and O–H groups in total. The number of urea groups is 1. The average molecular weight is 355 g/mol. The van der Waals surface area contributed by atoms with Gasteiger partial charge in [-0.1, -0.05) is 48.0 Å². The SMILES string of the molecule is CCNC(=O)NC(=O)[C@H](NCCOc1ccc(C)cc1)c1ccccc1. The first-order valence-corrected chi connectivity index (χ1v) is 8.66. The Kier molecular flexibility index (Phi) is 7.64. The molecule has 0 heterocycles. The van der Waals surface area contributed by atoms with Gasteiger partial charge in [-0.25, -0.2) is 4.79 Å². The van der Waals surface area contributed by atoms with E-state index in [4.69, 9.17) is 4.74 Å². The summed E-state index contributed by atoms with van der Waals surface area (Å²) in [5, 5.41) is 8.05. The van der Waals surface area contributed by atoms with Crippen LogP contribution in [0.15, 0.2) is 54.6 Å². The molecular weight excluding hydrogens is 330 g/mol. The van der Waals surface area contributed by atoms with Gasteiger partial charge >= 0.3 is 6.03 Å². The smallest absolute Gasteiger partial charge is 0.321 e. The summed E-state index contributed by atoms with van der Waals surface area (Å²) in [7, 11) is 0. The van der Waals surface area contributed by atoms with Crippen LogP contribution in [0.3, 0.4) is 0 Å². The summed E-state index contributed by atoms with van der Waals surface area (Å²) in [4.78, 5) is 24.1. The molecule has 3 amide bonds. The number of carbonyl (C=O) groups is 2. The fraction of sp³-hybridized carbons (Fsp3) is 0.300. The van der Waals surface area contributed by atoms with Gasteiger partial charge in [-0.2, -0.15) is 0 Å². The lowest BCUT2D eigenvalue weighted by molar-refractivity contribution is -0.122. The monoisotopic (exact) mass is 355 g/mol. The summed E-state index contributed by atoms with van der Waals surface area (Å²) in [6.07, 6.45) is 0. The molecule has 0 bridgehead atoms. The van der Waals surface area contributed by atoms with Gasteiger partial charge in [0.05, 0.1) is 0 Å². The molecule has 0 saturated carbocycles. The Balaban J connectivity index is 1.92. The van der Waals surface area contributed by atoms with Gasteiger partial charge in [0.15, 0.2) is 0 Å². The van der Waals surface area contributed by atoms with Crippen molar-refractivity contribution >= 4 is 11.9 Å². The first-order valence-electron chi connectivity index (χ1n) is 8.66. The van der Waals surface area contributed by atoms with Gasteiger partial charge in [0.25, 0.3) is 0 Å². The van der Waals surface area contributed by atoms with Crippen LogP contribution in [0.5, 0.6) is 5.75 Å². The molecule has 0 aliphatic heterocycles. The zero-order chi connectivity index (χ0) is 18.8. The largest absolute Gasteiger partial charge is 0.492 e. The van der Waals surface area contributed by atoms with Gasteiger partial charge in [0.1, 0.15) is 18.4 Å². The Bertz CT molecular complexity index is 702. The van der Waals surface area contributed by atoms with Crippen molar-refractivity contribution in [3.05, 3.63) is 65.7 Å². The molecule has 6 nitrogen and oxygen atoms in total. The van der Waals surface area contributed by atoms with Crippen LogP contribution in [0.4, 0.5) is 4.79 Å². The third kappa shape index (κ3) is 6.22. The number of hydrogen-bond donors (Lipinski definition) is 3. The fourth-order valence-corrected chi connectivity index (χ4v) is 2.40. The van der Waals surface area contributed by atoms with E-state index in [0.717, 1.165) is 11.3 Å². The third-order valence-corrected chi connectivity index (χ3v) is 3.71. The maximum atomic E-state index is 12.5. The van der Waals surface area contributed by atoms with Crippen LogP contribution in [0.1, 0.15) is 24.1 Å². The normalized spacial score (nSPS) is 11.5. The van der Waals surface area contributed by atoms with E-state index in [-0.39, 0.29) is 0 Å². The van der Waals surface area contributed by atoms with Gasteiger partial charge in [-0.3, -0.25) is 15.4 Å². The number of amides is 3. The van der Waals surface area contributed by atoms with Crippen LogP contribution in [0.2, 0.25) is 0 Å². The highest BCUT2D eigenvalue weighted by atomic mass is 16.5. The van der Waals surface area contributed by atoms with Crippen LogP contribution in [0.25, 0.3) is 0 Å². The molecule has 0 aliphatic carbocycles. The topological polar surface area (TPSA) is 79.5 Å². The molecule has 0 unspecified atom stereocenters. The maximum absolute atomic E-state index is 12.5. The summed E-state index contributed by atoms with van der Waals surface area (Å²) < 4.78 is 5.67. The van der Waals surface area contributed by atoms with Gasteiger partial charge < -0.3 is 10.1 Å². The molecule has 1 atom stereocenters. The Hall–Kier alpha value is -2.86. The molecule has 2 aromatic carbocycles. The zero-order valence-electron chi connectivity index (χ0n) is 15.1. The highest BCUT2D eigenvalue weighted by Crippen LogP contribution is 2.13. The lowest BCUT2D eigenvalue weighted by atomic mass is 10.1. The van der Waals surface area contributed by atoms with Crippen molar-refractivity contribution in [1.29, 1.82) is 0 Å². The molecule has 0 fully saturated rings. The minimum atomic E-state index is -0.638. The number of benzene rings is 2. The van der Waals surface area contributed by atoms with Gasteiger partial charge in [-0.15, -0.1) is 0 Å². The summed E-state index contributed by atoms with van der Waals surface area (Å²) in [6, 6.07) is 15.9. The van der Waals surface area contributed by atoms with Crippen molar-refractivity contribution in [1.82, 2.24) is 16.0 Å². The predicted octanol–water partition coefficient (Wildman–Crippen LogP) is 2.55. The van der Waals surface area contributed by atoms with Crippen molar-refractivity contribution in [3.8, 4) is 5.75 Å². The first kappa shape index (κ1) is 19.5. The van der Waals surface area contributed by atoms with E-state index in [1.807, 2.05) is 61.5 Å². The molecule has 26 heavy (non-hydrogen) atoms. The number of nitrogens with one attached hydrogen (secondary N) is 3. The molecule has 2 rings (SSSR count). The number of carbonyl (C=O) groups excluding carboxylic acids is 2. The lowest BCUT2D eigenvalue weighted by Gasteiger charge is -2.18. The van der Waals surface area contributed by atoms with E-state index >= 15 is 0 Å². The van der Waals surface area contributed by atoms with Crippen molar-refractivity contribution in [2.24, 2.45) is 0 Å². The molecule has 0 spiro atoms. The number of hydrogen-bond acceptors (Lipinski definition) is 4. The predicted molar refractivity (Wildman–Crippen MR) is 101 cm³/mol. The van der Waals surface area contributed by atoms with Crippen LogP contribution in [-0.2, 0) is 4.79 Å². The first-order chi connectivity index (χ1) is 12.6. The summed E-state index contributed by atoms with van der Waals surface area (Å²) >= 11 is 0. The molecular formula is C20H25N3O3. The average Bonchev–Trinajstić information content (AvgIpc) is 2.64. The number of imide groups is 1. The second-order valence-corrected chi connectivity index (χ2v) is 5.81. The highest BCUT2D eigenvalue weighted by Gasteiger charge is 2.21. The number of ether oxygens (including phenoxy) is 1. The van der Waals surface area contributed by atoms with Crippen molar-refractivity contribution < 1.29 is 14.3 Å². The highest BCUT2D eigenvalue weighted by molar-refractivity contribution is 5.97. The van der Waals surface area contributed by atoms with Crippen molar-refractivity contribution in [2.75, 3.05) is 19.7 Å². The summed E-state index contributed by atoms with van der Waals surface area (Å²) in [6.45, 7) is 5.12. The van der Waals surface area contributed by atoms with E-state index in [9.17, 15) is 9.59 Å². The molecule has 0 aliphatic rings. The summed E-state index contributed by atoms with van der Waals surface area (Å²) in [5.41, 5.74) is 1.95. The lowest BCUT2D eigenvalue weighted by Crippen LogP contribution is -2.45. The minimum Gasteiger partial charge on any atom is -0.492 e. The van der Waals surface area contributed by atoms with E-state index in [0.29, 0.717) is 19.7 Å². The molecule has 2 aromatic rings. The zero-order valence-corrected chi connectivity index (χ0v) is 15.1. The van der Waals surface area contributed by atoms with Crippen molar-refractivity contribution in [2.45, 2.75) is 19.9 Å². The van der Waals surface area contributed by atoms with E-state index in [2.05, 4.69) is 16.0 Å². The Morgan fingerprint density at radius 2 is 1.73 bits per heavy atom. The molecule has 0 saturated heterocycles. The molecule has 138 valence electrons. The maximum Gasteiger partial charge on any atom is 0.321 e. The van der Waals surface area contributed by atoms with Crippen molar-refractivity contribution in [3.63, 3.8) is 0 Å². The van der Waals surface area contributed by atoms with Crippen LogP contribution in [0, 0.1) is 6.92 Å². The number of aryl methyl sites for hydroxylation is 1. The second kappa shape index (κ2) is 10.2. The van der Waals surface area contributed by atoms with Gasteiger partial charge in [0, 0.05) is 13.1 Å². The Labute approximate surface area is 153 Å².